The van der Waals surface area contributed by atoms with Crippen molar-refractivity contribution < 1.29 is 14.4 Å². The smallest absolute Gasteiger partial charge is 0.258 e. The standard InChI is InChI=1S/C25H35NO3Si/c1-25(2,19-20-15-17-21(18-16-20)24(27)26(3)29-4)30(28,22-11-7-5-8-12-22)23-13-9-6-10-14-23/h5-14,20-21,28H,15-19H2,1-4H3/t20-,21-. The molecule has 5 heteroatoms. The first-order valence-corrected chi connectivity index (χ1v) is 12.9. The van der Waals surface area contributed by atoms with Crippen LogP contribution in [0.2, 0.25) is 5.04 Å². The Morgan fingerprint density at radius 2 is 1.47 bits per heavy atom. The number of benzene rings is 2. The van der Waals surface area contributed by atoms with E-state index in [9.17, 15) is 9.59 Å². The minimum absolute atomic E-state index is 0.0497. The first kappa shape index (κ1) is 22.7. The van der Waals surface area contributed by atoms with Crippen molar-refractivity contribution in [2.45, 2.75) is 51.0 Å². The Bertz CT molecular complexity index is 777. The summed E-state index contributed by atoms with van der Waals surface area (Å²) in [5.74, 6) is 0.645. The van der Waals surface area contributed by atoms with Gasteiger partial charge in [-0.3, -0.25) is 9.63 Å². The van der Waals surface area contributed by atoms with Crippen LogP contribution in [0, 0.1) is 11.8 Å². The molecule has 0 radical (unpaired) electrons. The van der Waals surface area contributed by atoms with Gasteiger partial charge in [0.05, 0.1) is 7.11 Å². The highest BCUT2D eigenvalue weighted by Gasteiger charge is 2.50. The lowest BCUT2D eigenvalue weighted by Crippen LogP contribution is -2.65. The monoisotopic (exact) mass is 425 g/mol. The van der Waals surface area contributed by atoms with E-state index in [0.29, 0.717) is 5.92 Å². The zero-order chi connectivity index (χ0) is 21.8. The SMILES string of the molecule is CON(C)C(=O)[C@H]1CC[C@H](CC(C)(C)[Si](O)(c2ccccc2)c2ccccc2)CC1. The largest absolute Gasteiger partial charge is 0.424 e. The van der Waals surface area contributed by atoms with Gasteiger partial charge in [-0.25, -0.2) is 5.06 Å². The molecule has 0 aromatic heterocycles. The van der Waals surface area contributed by atoms with Crippen LogP contribution >= 0.6 is 0 Å². The van der Waals surface area contributed by atoms with Gasteiger partial charge in [-0.15, -0.1) is 0 Å². The number of rotatable bonds is 7. The third-order valence-electron chi connectivity index (χ3n) is 6.94. The highest BCUT2D eigenvalue weighted by Crippen LogP contribution is 2.45. The van der Waals surface area contributed by atoms with E-state index in [0.717, 1.165) is 42.5 Å². The zero-order valence-electron chi connectivity index (χ0n) is 18.7. The molecule has 0 unspecified atom stereocenters. The summed E-state index contributed by atoms with van der Waals surface area (Å²) < 4.78 is 0. The van der Waals surface area contributed by atoms with Crippen LogP contribution in [0.25, 0.3) is 0 Å². The molecule has 0 atom stereocenters. The first-order valence-electron chi connectivity index (χ1n) is 10.9. The van der Waals surface area contributed by atoms with Crippen LogP contribution in [0.1, 0.15) is 46.0 Å². The van der Waals surface area contributed by atoms with Crippen molar-refractivity contribution in [3.8, 4) is 0 Å². The van der Waals surface area contributed by atoms with E-state index in [-0.39, 0.29) is 16.9 Å². The average Bonchev–Trinajstić information content (AvgIpc) is 2.78. The minimum Gasteiger partial charge on any atom is -0.424 e. The molecule has 30 heavy (non-hydrogen) atoms. The normalized spacial score (nSPS) is 20.0. The third kappa shape index (κ3) is 4.53. The molecule has 0 spiro atoms. The molecule has 0 heterocycles. The van der Waals surface area contributed by atoms with Gasteiger partial charge in [-0.2, -0.15) is 0 Å². The highest BCUT2D eigenvalue weighted by molar-refractivity contribution is 6.98. The predicted molar refractivity (Wildman–Crippen MR) is 124 cm³/mol. The Kier molecular flexibility index (Phi) is 7.16. The van der Waals surface area contributed by atoms with Crippen molar-refractivity contribution >= 4 is 24.6 Å². The van der Waals surface area contributed by atoms with Crippen LogP contribution in [0.15, 0.2) is 60.7 Å². The van der Waals surface area contributed by atoms with Crippen molar-refractivity contribution in [3.63, 3.8) is 0 Å². The maximum Gasteiger partial charge on any atom is 0.258 e. The Hall–Kier alpha value is -1.95. The fourth-order valence-electron chi connectivity index (χ4n) is 5.14. The third-order valence-corrected chi connectivity index (χ3v) is 11.4. The fourth-order valence-corrected chi connectivity index (χ4v) is 8.97. The van der Waals surface area contributed by atoms with Gasteiger partial charge in [-0.1, -0.05) is 74.5 Å². The molecule has 0 bridgehead atoms. The molecule has 0 saturated heterocycles. The summed E-state index contributed by atoms with van der Waals surface area (Å²) >= 11 is 0. The minimum atomic E-state index is -2.97. The number of amides is 1. The van der Waals surface area contributed by atoms with Crippen molar-refractivity contribution in [2.75, 3.05) is 14.2 Å². The summed E-state index contributed by atoms with van der Waals surface area (Å²) in [6.45, 7) is 4.46. The van der Waals surface area contributed by atoms with Crippen molar-refractivity contribution in [1.82, 2.24) is 5.06 Å². The van der Waals surface area contributed by atoms with Crippen LogP contribution in [-0.2, 0) is 9.63 Å². The number of hydrogen-bond acceptors (Lipinski definition) is 3. The van der Waals surface area contributed by atoms with Gasteiger partial charge in [0.15, 0.2) is 0 Å². The van der Waals surface area contributed by atoms with Gasteiger partial charge in [-0.05, 0) is 53.4 Å². The lowest BCUT2D eigenvalue weighted by molar-refractivity contribution is -0.174. The van der Waals surface area contributed by atoms with Crippen LogP contribution in [0.3, 0.4) is 0 Å². The topological polar surface area (TPSA) is 49.8 Å². The number of nitrogens with zero attached hydrogens (tertiary/aromatic N) is 1. The number of carbonyl (C=O) groups excluding carboxylic acids is 1. The molecule has 3 rings (SSSR count). The summed E-state index contributed by atoms with van der Waals surface area (Å²) in [5.41, 5.74) is 0. The van der Waals surface area contributed by atoms with E-state index in [2.05, 4.69) is 38.1 Å². The van der Waals surface area contributed by atoms with E-state index in [1.165, 1.54) is 12.2 Å². The van der Waals surface area contributed by atoms with Gasteiger partial charge >= 0.3 is 0 Å². The Labute approximate surface area is 182 Å². The number of hydrogen-bond donors (Lipinski definition) is 1. The maximum atomic E-state index is 12.4. The second kappa shape index (κ2) is 9.46. The van der Waals surface area contributed by atoms with Gasteiger partial charge in [0, 0.05) is 13.0 Å². The molecule has 1 aliphatic carbocycles. The fraction of sp³-hybridized carbons (Fsp3) is 0.480. The highest BCUT2D eigenvalue weighted by atomic mass is 28.4. The van der Waals surface area contributed by atoms with Crippen LogP contribution < -0.4 is 10.4 Å². The molecule has 0 aliphatic heterocycles. The molecule has 1 aliphatic rings. The molecule has 1 amide bonds. The Morgan fingerprint density at radius 3 is 1.90 bits per heavy atom. The van der Waals surface area contributed by atoms with Crippen molar-refractivity contribution in [3.05, 3.63) is 60.7 Å². The molecular weight excluding hydrogens is 390 g/mol. The van der Waals surface area contributed by atoms with Crippen LogP contribution in [0.4, 0.5) is 0 Å². The van der Waals surface area contributed by atoms with E-state index in [1.54, 1.807) is 7.05 Å². The summed E-state index contributed by atoms with van der Waals surface area (Å²) in [4.78, 5) is 29.8. The van der Waals surface area contributed by atoms with Gasteiger partial charge in [0.25, 0.3) is 8.32 Å². The molecule has 1 saturated carbocycles. The van der Waals surface area contributed by atoms with Crippen molar-refractivity contribution in [1.29, 1.82) is 0 Å². The summed E-state index contributed by atoms with van der Waals surface area (Å²) in [6.07, 6.45) is 4.78. The zero-order valence-corrected chi connectivity index (χ0v) is 19.7. The Morgan fingerprint density at radius 1 is 1.00 bits per heavy atom. The van der Waals surface area contributed by atoms with Gasteiger partial charge < -0.3 is 4.80 Å². The van der Waals surface area contributed by atoms with Crippen LogP contribution in [0.5, 0.6) is 0 Å². The lowest BCUT2D eigenvalue weighted by atomic mass is 9.78. The molecule has 4 nitrogen and oxygen atoms in total. The molecule has 1 fully saturated rings. The summed E-state index contributed by atoms with van der Waals surface area (Å²) in [6, 6.07) is 20.4. The van der Waals surface area contributed by atoms with E-state index in [1.807, 2.05) is 36.4 Å². The number of hydroxylamine groups is 2. The van der Waals surface area contributed by atoms with Gasteiger partial charge in [0.1, 0.15) is 0 Å². The average molecular weight is 426 g/mol. The van der Waals surface area contributed by atoms with E-state index < -0.39 is 8.32 Å². The quantitative estimate of drug-likeness (QED) is 0.543. The number of carbonyl (C=O) groups is 1. The molecule has 2 aromatic carbocycles. The molecule has 2 aromatic rings. The second-order valence-electron chi connectivity index (χ2n) is 9.27. The summed E-state index contributed by atoms with van der Waals surface area (Å²) in [5, 5.41) is 3.24. The predicted octanol–water partition coefficient (Wildman–Crippen LogP) is 3.74. The summed E-state index contributed by atoms with van der Waals surface area (Å²) in [7, 11) is 0.245. The van der Waals surface area contributed by atoms with Gasteiger partial charge in [0.2, 0.25) is 5.91 Å². The first-order chi connectivity index (χ1) is 14.3. The van der Waals surface area contributed by atoms with Crippen molar-refractivity contribution in [2.24, 2.45) is 11.8 Å². The maximum absolute atomic E-state index is 12.4. The molecular formula is C25H35NO3Si. The Balaban J connectivity index is 1.80. The molecule has 162 valence electrons. The van der Waals surface area contributed by atoms with Crippen LogP contribution in [-0.4, -0.2) is 38.2 Å². The lowest BCUT2D eigenvalue weighted by Gasteiger charge is -2.44. The van der Waals surface area contributed by atoms with E-state index >= 15 is 0 Å². The van der Waals surface area contributed by atoms with E-state index in [4.69, 9.17) is 4.84 Å². The molecule has 1 N–H and O–H groups in total. The second-order valence-corrected chi connectivity index (χ2v) is 13.2.